The third kappa shape index (κ3) is 3.79. The number of nitrogens with one attached hydrogen (secondary N) is 1. The van der Waals surface area contributed by atoms with Crippen LogP contribution in [0.3, 0.4) is 0 Å². The van der Waals surface area contributed by atoms with Crippen LogP contribution in [-0.4, -0.2) is 28.6 Å². The van der Waals surface area contributed by atoms with E-state index in [9.17, 15) is 9.59 Å². The quantitative estimate of drug-likeness (QED) is 0.874. The normalized spacial score (nSPS) is 17.3. The molecular formula is C17H20N4O2S. The Hall–Kier alpha value is -2.28. The maximum atomic E-state index is 12.4. The van der Waals surface area contributed by atoms with Gasteiger partial charge >= 0.3 is 0 Å². The van der Waals surface area contributed by atoms with Crippen molar-refractivity contribution in [3.8, 4) is 0 Å². The fourth-order valence-electron chi connectivity index (χ4n) is 2.68. The van der Waals surface area contributed by atoms with Crippen LogP contribution in [-0.2, 0) is 16.0 Å². The van der Waals surface area contributed by atoms with Crippen molar-refractivity contribution in [3.63, 3.8) is 0 Å². The molecule has 7 heteroatoms. The first-order valence-electron chi connectivity index (χ1n) is 8.16. The smallest absolute Gasteiger partial charge is 0.231 e. The van der Waals surface area contributed by atoms with Gasteiger partial charge in [-0.15, -0.1) is 10.2 Å². The molecule has 24 heavy (non-hydrogen) atoms. The summed E-state index contributed by atoms with van der Waals surface area (Å²) in [6.45, 7) is 2.52. The molecule has 1 aliphatic heterocycles. The summed E-state index contributed by atoms with van der Waals surface area (Å²) in [5.41, 5.74) is 0.829. The number of rotatable bonds is 6. The first-order chi connectivity index (χ1) is 11.7. The van der Waals surface area contributed by atoms with Crippen LogP contribution in [0.15, 0.2) is 30.3 Å². The van der Waals surface area contributed by atoms with Gasteiger partial charge in [-0.25, -0.2) is 0 Å². The van der Waals surface area contributed by atoms with Gasteiger partial charge in [0.15, 0.2) is 0 Å². The highest BCUT2D eigenvalue weighted by atomic mass is 32.1. The maximum Gasteiger partial charge on any atom is 0.231 e. The zero-order valence-electron chi connectivity index (χ0n) is 13.6. The molecule has 3 rings (SSSR count). The summed E-state index contributed by atoms with van der Waals surface area (Å²) in [6, 6.07) is 9.43. The molecule has 1 aromatic heterocycles. The van der Waals surface area contributed by atoms with Crippen LogP contribution < -0.4 is 10.2 Å². The number of nitrogens with zero attached hydrogens (tertiary/aromatic N) is 3. The lowest BCUT2D eigenvalue weighted by molar-refractivity contribution is -0.122. The van der Waals surface area contributed by atoms with Gasteiger partial charge in [0, 0.05) is 25.1 Å². The predicted molar refractivity (Wildman–Crippen MR) is 94.1 cm³/mol. The van der Waals surface area contributed by atoms with E-state index in [1.807, 2.05) is 30.3 Å². The van der Waals surface area contributed by atoms with Gasteiger partial charge in [-0.2, -0.15) is 0 Å². The molecular weight excluding hydrogens is 324 g/mol. The number of hydrogen-bond donors (Lipinski definition) is 1. The summed E-state index contributed by atoms with van der Waals surface area (Å²) in [5, 5.41) is 12.3. The number of benzene rings is 1. The van der Waals surface area contributed by atoms with Crippen LogP contribution in [0, 0.1) is 5.92 Å². The number of para-hydroxylation sites is 1. The Balaban J connectivity index is 1.60. The van der Waals surface area contributed by atoms with Gasteiger partial charge in [0.1, 0.15) is 5.01 Å². The highest BCUT2D eigenvalue weighted by Gasteiger charge is 2.35. The molecule has 2 amide bonds. The van der Waals surface area contributed by atoms with Crippen molar-refractivity contribution in [1.29, 1.82) is 0 Å². The molecule has 0 bridgehead atoms. The summed E-state index contributed by atoms with van der Waals surface area (Å²) in [4.78, 5) is 26.3. The molecule has 0 radical (unpaired) electrons. The third-order valence-corrected chi connectivity index (χ3v) is 4.90. The maximum absolute atomic E-state index is 12.4. The number of carbonyl (C=O) groups is 2. The Bertz CT molecular complexity index is 716. The fraction of sp³-hybridized carbons (Fsp3) is 0.412. The van der Waals surface area contributed by atoms with Crippen molar-refractivity contribution in [1.82, 2.24) is 10.2 Å². The van der Waals surface area contributed by atoms with Gasteiger partial charge < -0.3 is 10.2 Å². The van der Waals surface area contributed by atoms with Crippen molar-refractivity contribution < 1.29 is 9.59 Å². The number of hydrogen-bond acceptors (Lipinski definition) is 5. The summed E-state index contributed by atoms with van der Waals surface area (Å²) >= 11 is 1.41. The molecule has 1 atom stereocenters. The Kier molecular flexibility index (Phi) is 5.20. The summed E-state index contributed by atoms with van der Waals surface area (Å²) in [6.07, 6.45) is 3.27. The van der Waals surface area contributed by atoms with E-state index in [0.29, 0.717) is 11.7 Å². The Morgan fingerprint density at radius 1 is 1.33 bits per heavy atom. The van der Waals surface area contributed by atoms with Crippen LogP contribution in [0.25, 0.3) is 0 Å². The highest BCUT2D eigenvalue weighted by molar-refractivity contribution is 7.15. The SMILES string of the molecule is CCCCc1nnc(NC(=O)C2CC(=O)N(c3ccccc3)C2)s1. The number of aromatic nitrogens is 2. The third-order valence-electron chi connectivity index (χ3n) is 4.00. The minimum absolute atomic E-state index is 0.0257. The lowest BCUT2D eigenvalue weighted by atomic mass is 10.1. The number of carbonyl (C=O) groups excluding carboxylic acids is 2. The van der Waals surface area contributed by atoms with Gasteiger partial charge in [0.2, 0.25) is 16.9 Å². The second-order valence-electron chi connectivity index (χ2n) is 5.83. The van der Waals surface area contributed by atoms with E-state index in [0.717, 1.165) is 30.0 Å². The lowest BCUT2D eigenvalue weighted by Crippen LogP contribution is -2.28. The molecule has 126 valence electrons. The second-order valence-corrected chi connectivity index (χ2v) is 6.90. The van der Waals surface area contributed by atoms with E-state index in [1.54, 1.807) is 4.90 Å². The molecule has 1 saturated heterocycles. The van der Waals surface area contributed by atoms with Gasteiger partial charge in [-0.05, 0) is 18.6 Å². The Labute approximate surface area is 144 Å². The van der Waals surface area contributed by atoms with Gasteiger partial charge in [0.25, 0.3) is 0 Å². The van der Waals surface area contributed by atoms with Crippen molar-refractivity contribution in [2.75, 3.05) is 16.8 Å². The molecule has 1 unspecified atom stereocenters. The van der Waals surface area contributed by atoms with Crippen LogP contribution in [0.5, 0.6) is 0 Å². The van der Waals surface area contributed by atoms with Gasteiger partial charge in [0.05, 0.1) is 5.92 Å². The largest absolute Gasteiger partial charge is 0.312 e. The Morgan fingerprint density at radius 2 is 2.12 bits per heavy atom. The lowest BCUT2D eigenvalue weighted by Gasteiger charge is -2.16. The molecule has 1 N–H and O–H groups in total. The zero-order valence-corrected chi connectivity index (χ0v) is 14.4. The molecule has 1 fully saturated rings. The van der Waals surface area contributed by atoms with Crippen molar-refractivity contribution in [2.24, 2.45) is 5.92 Å². The molecule has 0 aliphatic carbocycles. The van der Waals surface area contributed by atoms with E-state index < -0.39 is 0 Å². The number of amides is 2. The molecule has 2 aromatic rings. The predicted octanol–water partition coefficient (Wildman–Crippen LogP) is 2.87. The number of anilines is 2. The fourth-order valence-corrected chi connectivity index (χ4v) is 3.47. The second kappa shape index (κ2) is 7.53. The first-order valence-corrected chi connectivity index (χ1v) is 8.97. The number of aryl methyl sites for hydroxylation is 1. The molecule has 0 spiro atoms. The van der Waals surface area contributed by atoms with Crippen molar-refractivity contribution in [2.45, 2.75) is 32.6 Å². The minimum Gasteiger partial charge on any atom is -0.312 e. The zero-order chi connectivity index (χ0) is 16.9. The average molecular weight is 344 g/mol. The summed E-state index contributed by atoms with van der Waals surface area (Å²) in [5.74, 6) is -0.553. The van der Waals surface area contributed by atoms with Gasteiger partial charge in [-0.3, -0.25) is 9.59 Å². The van der Waals surface area contributed by atoms with E-state index in [4.69, 9.17) is 0 Å². The van der Waals surface area contributed by atoms with Crippen LogP contribution in [0.4, 0.5) is 10.8 Å². The van der Waals surface area contributed by atoms with E-state index in [-0.39, 0.29) is 24.2 Å². The molecule has 1 aromatic carbocycles. The topological polar surface area (TPSA) is 75.2 Å². The van der Waals surface area contributed by atoms with E-state index in [1.165, 1.54) is 11.3 Å². The summed E-state index contributed by atoms with van der Waals surface area (Å²) < 4.78 is 0. The highest BCUT2D eigenvalue weighted by Crippen LogP contribution is 2.26. The molecule has 1 aliphatic rings. The molecule has 2 heterocycles. The number of unbranched alkanes of at least 4 members (excludes halogenated alkanes) is 1. The van der Waals surface area contributed by atoms with Crippen LogP contribution in [0.1, 0.15) is 31.2 Å². The molecule has 6 nitrogen and oxygen atoms in total. The standard InChI is InChI=1S/C17H20N4O2S/c1-2-3-9-14-19-20-17(24-14)18-16(23)12-10-15(22)21(11-12)13-7-5-4-6-8-13/h4-8,12H,2-3,9-11H2,1H3,(H,18,20,23). The summed E-state index contributed by atoms with van der Waals surface area (Å²) in [7, 11) is 0. The van der Waals surface area contributed by atoms with E-state index in [2.05, 4.69) is 22.4 Å². The minimum atomic E-state index is -0.360. The van der Waals surface area contributed by atoms with Crippen LogP contribution in [0.2, 0.25) is 0 Å². The molecule has 0 saturated carbocycles. The van der Waals surface area contributed by atoms with E-state index >= 15 is 0 Å². The van der Waals surface area contributed by atoms with Crippen LogP contribution >= 0.6 is 11.3 Å². The average Bonchev–Trinajstić information content (AvgIpc) is 3.20. The monoisotopic (exact) mass is 344 g/mol. The van der Waals surface area contributed by atoms with Crippen molar-refractivity contribution >= 4 is 34.0 Å². The first kappa shape index (κ1) is 16.6. The Morgan fingerprint density at radius 3 is 2.88 bits per heavy atom. The van der Waals surface area contributed by atoms with Crippen molar-refractivity contribution in [3.05, 3.63) is 35.3 Å². The van der Waals surface area contributed by atoms with Gasteiger partial charge in [-0.1, -0.05) is 42.9 Å².